The molecule has 2 aliphatic rings. The van der Waals surface area contributed by atoms with Gasteiger partial charge in [-0.15, -0.1) is 11.3 Å². The van der Waals surface area contributed by atoms with Gasteiger partial charge < -0.3 is 14.4 Å². The zero-order valence-electron chi connectivity index (χ0n) is 17.7. The highest BCUT2D eigenvalue weighted by molar-refractivity contribution is 7.12. The summed E-state index contributed by atoms with van der Waals surface area (Å²) in [5.74, 6) is 0.00566. The molecule has 2 aromatic carbocycles. The van der Waals surface area contributed by atoms with Gasteiger partial charge in [0, 0.05) is 19.0 Å². The van der Waals surface area contributed by atoms with Crippen LogP contribution in [0.1, 0.15) is 33.3 Å². The number of hydrogen-bond acceptors (Lipinski definition) is 6. The zero-order valence-corrected chi connectivity index (χ0v) is 18.5. The van der Waals surface area contributed by atoms with Gasteiger partial charge in [-0.2, -0.15) is 5.10 Å². The molecule has 1 unspecified atom stereocenters. The number of thiophene rings is 1. The Balaban J connectivity index is 1.40. The third-order valence-corrected chi connectivity index (χ3v) is 6.46. The van der Waals surface area contributed by atoms with Crippen molar-refractivity contribution in [1.82, 2.24) is 9.91 Å². The molecule has 0 saturated heterocycles. The van der Waals surface area contributed by atoms with E-state index < -0.39 is 11.7 Å². The first kappa shape index (κ1) is 21.1. The van der Waals surface area contributed by atoms with Gasteiger partial charge >= 0.3 is 0 Å². The summed E-state index contributed by atoms with van der Waals surface area (Å²) < 4.78 is 24.4. The first-order valence-corrected chi connectivity index (χ1v) is 11.2. The molecule has 2 amide bonds. The third-order valence-electron chi connectivity index (χ3n) is 5.54. The lowest BCUT2D eigenvalue weighted by molar-refractivity contribution is -0.133. The van der Waals surface area contributed by atoms with Gasteiger partial charge in [-0.1, -0.05) is 18.2 Å². The summed E-state index contributed by atoms with van der Waals surface area (Å²) in [6, 6.07) is 14.5. The highest BCUT2D eigenvalue weighted by atomic mass is 32.1. The fourth-order valence-electron chi connectivity index (χ4n) is 3.90. The molecule has 0 fully saturated rings. The third kappa shape index (κ3) is 4.19. The van der Waals surface area contributed by atoms with Gasteiger partial charge in [-0.05, 0) is 47.3 Å². The Bertz CT molecular complexity index is 1240. The molecule has 7 nitrogen and oxygen atoms in total. The highest BCUT2D eigenvalue weighted by Crippen LogP contribution is 2.39. The number of hydrogen-bond donors (Lipinski definition) is 0. The zero-order chi connectivity index (χ0) is 22.9. The molecular weight excluding hydrogens is 445 g/mol. The van der Waals surface area contributed by atoms with Gasteiger partial charge in [0.25, 0.3) is 11.8 Å². The van der Waals surface area contributed by atoms with Crippen molar-refractivity contribution in [3.63, 3.8) is 0 Å². The number of amides is 2. The summed E-state index contributed by atoms with van der Waals surface area (Å²) in [4.78, 5) is 28.2. The van der Waals surface area contributed by atoms with E-state index >= 15 is 0 Å². The molecule has 0 spiro atoms. The maximum absolute atomic E-state index is 13.5. The molecule has 0 saturated carbocycles. The van der Waals surface area contributed by atoms with Gasteiger partial charge in [-0.3, -0.25) is 9.59 Å². The van der Waals surface area contributed by atoms with Crippen LogP contribution in [0.25, 0.3) is 0 Å². The van der Waals surface area contributed by atoms with Crippen molar-refractivity contribution in [2.24, 2.45) is 5.10 Å². The molecule has 168 valence electrons. The maximum Gasteiger partial charge on any atom is 0.262 e. The average Bonchev–Trinajstić information content (AvgIpc) is 3.58. The summed E-state index contributed by atoms with van der Waals surface area (Å²) in [6.45, 7) is -0.0341. The van der Waals surface area contributed by atoms with E-state index in [2.05, 4.69) is 5.10 Å². The number of rotatable bonds is 5. The molecule has 3 aromatic rings. The minimum absolute atomic E-state index is 0.163. The molecule has 2 aliphatic heterocycles. The van der Waals surface area contributed by atoms with Crippen LogP contribution in [-0.2, 0) is 4.79 Å². The van der Waals surface area contributed by atoms with E-state index in [1.54, 1.807) is 11.3 Å². The van der Waals surface area contributed by atoms with Crippen LogP contribution in [0.4, 0.5) is 4.39 Å². The fourth-order valence-corrected chi connectivity index (χ4v) is 4.62. The first-order chi connectivity index (χ1) is 16.0. The Kier molecular flexibility index (Phi) is 5.55. The largest absolute Gasteiger partial charge is 0.454 e. The lowest BCUT2D eigenvalue weighted by Crippen LogP contribution is -2.39. The maximum atomic E-state index is 13.5. The second-order valence-corrected chi connectivity index (χ2v) is 8.71. The number of benzene rings is 2. The van der Waals surface area contributed by atoms with Crippen LogP contribution >= 0.6 is 11.3 Å². The SMILES string of the molecule is CN(CC(=O)N1N=C(c2cccs2)CC1c1ccc2c(c1)OCO2)C(=O)c1cccc(F)c1. The number of nitrogens with zero attached hydrogens (tertiary/aromatic N) is 3. The number of hydrazone groups is 1. The summed E-state index contributed by atoms with van der Waals surface area (Å²) in [6.07, 6.45) is 0.535. The van der Waals surface area contributed by atoms with E-state index in [1.807, 2.05) is 35.7 Å². The summed E-state index contributed by atoms with van der Waals surface area (Å²) in [5, 5.41) is 8.02. The molecule has 0 N–H and O–H groups in total. The molecule has 9 heteroatoms. The fraction of sp³-hybridized carbons (Fsp3) is 0.208. The summed E-state index contributed by atoms with van der Waals surface area (Å²) in [7, 11) is 1.51. The summed E-state index contributed by atoms with van der Waals surface area (Å²) >= 11 is 1.56. The number of ether oxygens (including phenoxy) is 2. The standard InChI is InChI=1S/C24H20FN3O4S/c1-27(24(30)16-4-2-5-17(25)10-16)13-23(29)28-19(12-18(26-28)22-6-3-9-33-22)15-7-8-20-21(11-15)32-14-31-20/h2-11,19H,12-14H2,1H3. The van der Waals surface area contributed by atoms with Crippen LogP contribution in [0, 0.1) is 5.82 Å². The minimum atomic E-state index is -0.506. The van der Waals surface area contributed by atoms with E-state index in [0.717, 1.165) is 22.2 Å². The quantitative estimate of drug-likeness (QED) is 0.570. The molecular formula is C24H20FN3O4S. The van der Waals surface area contributed by atoms with E-state index in [4.69, 9.17) is 9.47 Å². The second kappa shape index (κ2) is 8.67. The van der Waals surface area contributed by atoms with Crippen molar-refractivity contribution < 1.29 is 23.5 Å². The van der Waals surface area contributed by atoms with E-state index in [9.17, 15) is 14.0 Å². The average molecular weight is 466 g/mol. The van der Waals surface area contributed by atoms with Crippen molar-refractivity contribution in [2.75, 3.05) is 20.4 Å². The smallest absolute Gasteiger partial charge is 0.262 e. The summed E-state index contributed by atoms with van der Waals surface area (Å²) in [5.41, 5.74) is 1.85. The van der Waals surface area contributed by atoms with E-state index in [0.29, 0.717) is 17.9 Å². The molecule has 1 aromatic heterocycles. The normalized spacial score (nSPS) is 16.6. The molecule has 33 heavy (non-hydrogen) atoms. The van der Waals surface area contributed by atoms with Gasteiger partial charge in [0.15, 0.2) is 11.5 Å². The van der Waals surface area contributed by atoms with Crippen molar-refractivity contribution in [3.05, 3.63) is 81.8 Å². The first-order valence-electron chi connectivity index (χ1n) is 10.3. The lowest BCUT2D eigenvalue weighted by atomic mass is 10.0. The molecule has 1 atom stereocenters. The van der Waals surface area contributed by atoms with Crippen LogP contribution < -0.4 is 9.47 Å². The minimum Gasteiger partial charge on any atom is -0.454 e. The molecule has 0 bridgehead atoms. The van der Waals surface area contributed by atoms with Gasteiger partial charge in [-0.25, -0.2) is 9.40 Å². The van der Waals surface area contributed by atoms with Gasteiger partial charge in [0.1, 0.15) is 12.4 Å². The van der Waals surface area contributed by atoms with Crippen molar-refractivity contribution in [1.29, 1.82) is 0 Å². The number of fused-ring (bicyclic) bond motifs is 1. The van der Waals surface area contributed by atoms with Gasteiger partial charge in [0.05, 0.1) is 16.6 Å². The molecule has 0 radical (unpaired) electrons. The molecule has 0 aliphatic carbocycles. The van der Waals surface area contributed by atoms with Crippen LogP contribution in [0.15, 0.2) is 65.1 Å². The number of carbonyl (C=O) groups is 2. The Hall–Kier alpha value is -3.72. The lowest BCUT2D eigenvalue weighted by Gasteiger charge is -2.25. The molecule has 5 rings (SSSR count). The van der Waals surface area contributed by atoms with E-state index in [-0.39, 0.29) is 30.9 Å². The Labute approximate surface area is 193 Å². The van der Waals surface area contributed by atoms with Crippen LogP contribution in [-0.4, -0.2) is 47.8 Å². The van der Waals surface area contributed by atoms with Crippen molar-refractivity contribution >= 4 is 28.9 Å². The second-order valence-electron chi connectivity index (χ2n) is 7.77. The topological polar surface area (TPSA) is 71.4 Å². The van der Waals surface area contributed by atoms with Crippen molar-refractivity contribution in [2.45, 2.75) is 12.5 Å². The van der Waals surface area contributed by atoms with Crippen LogP contribution in [0.2, 0.25) is 0 Å². The predicted octanol–water partition coefficient (Wildman–Crippen LogP) is 4.07. The Morgan fingerprint density at radius 2 is 2.00 bits per heavy atom. The van der Waals surface area contributed by atoms with E-state index in [1.165, 1.54) is 35.2 Å². The number of carbonyl (C=O) groups excluding carboxylic acids is 2. The number of halogens is 1. The highest BCUT2D eigenvalue weighted by Gasteiger charge is 2.35. The Morgan fingerprint density at radius 1 is 1.15 bits per heavy atom. The van der Waals surface area contributed by atoms with Crippen LogP contribution in [0.3, 0.4) is 0 Å². The number of likely N-dealkylation sites (N-methyl/N-ethyl adjacent to an activating group) is 1. The molecule has 3 heterocycles. The Morgan fingerprint density at radius 3 is 2.79 bits per heavy atom. The predicted molar refractivity (Wildman–Crippen MR) is 121 cm³/mol. The van der Waals surface area contributed by atoms with Crippen molar-refractivity contribution in [3.8, 4) is 11.5 Å². The van der Waals surface area contributed by atoms with Crippen LogP contribution in [0.5, 0.6) is 11.5 Å². The van der Waals surface area contributed by atoms with Gasteiger partial charge in [0.2, 0.25) is 6.79 Å². The monoisotopic (exact) mass is 465 g/mol.